The lowest BCUT2D eigenvalue weighted by atomic mass is 9.94. The molecular formula is C25H17ClF5N5O4S. The van der Waals surface area contributed by atoms with Gasteiger partial charge in [-0.1, -0.05) is 11.6 Å². The number of nitrogens with zero attached hydrogens (tertiary/aromatic N) is 2. The number of aryl methyl sites for hydroxylation is 1. The van der Waals surface area contributed by atoms with Gasteiger partial charge in [0.15, 0.2) is 0 Å². The summed E-state index contributed by atoms with van der Waals surface area (Å²) in [6.07, 6.45) is -4.08. The predicted molar refractivity (Wildman–Crippen MR) is 139 cm³/mol. The van der Waals surface area contributed by atoms with Crippen LogP contribution in [-0.2, 0) is 23.2 Å². The maximum atomic E-state index is 14.2. The first-order chi connectivity index (χ1) is 19.0. The van der Waals surface area contributed by atoms with Crippen molar-refractivity contribution in [2.45, 2.75) is 12.2 Å². The van der Waals surface area contributed by atoms with E-state index >= 15 is 0 Å². The van der Waals surface area contributed by atoms with E-state index in [0.717, 1.165) is 23.1 Å². The number of carbonyl (C=O) groups is 2. The molecule has 0 aliphatic carbocycles. The number of anilines is 2. The van der Waals surface area contributed by atoms with Gasteiger partial charge in [0.05, 0.1) is 23.4 Å². The first kappa shape index (κ1) is 28.3. The van der Waals surface area contributed by atoms with Crippen LogP contribution in [0, 0.1) is 11.6 Å². The molecule has 0 spiro atoms. The van der Waals surface area contributed by atoms with Crippen molar-refractivity contribution < 1.29 is 40.0 Å². The Balaban J connectivity index is 1.75. The lowest BCUT2D eigenvalue weighted by Gasteiger charge is -2.18. The second kappa shape index (κ2) is 9.69. The molecule has 1 aliphatic heterocycles. The number of halogens is 6. The fourth-order valence-electron chi connectivity index (χ4n) is 4.60. The molecule has 2 amide bonds. The van der Waals surface area contributed by atoms with E-state index < -0.39 is 56.8 Å². The van der Waals surface area contributed by atoms with Crippen LogP contribution in [0.3, 0.4) is 0 Å². The van der Waals surface area contributed by atoms with E-state index in [1.54, 1.807) is 0 Å². The SMILES string of the molecule is Cn1nc2c3c(c(NC(=O)c4cc(F)cc(C(F)(F)F)c4)cc2c1NS(C)(=O)=O)C(c1cc(F)ccc1Cl)NC3=O. The zero-order valence-corrected chi connectivity index (χ0v) is 22.4. The number of amides is 2. The highest BCUT2D eigenvalue weighted by Crippen LogP contribution is 2.44. The van der Waals surface area contributed by atoms with Crippen molar-refractivity contribution in [2.75, 3.05) is 16.3 Å². The van der Waals surface area contributed by atoms with E-state index in [1.165, 1.54) is 19.2 Å². The molecule has 2 heterocycles. The highest BCUT2D eigenvalue weighted by Gasteiger charge is 2.38. The Labute approximate surface area is 233 Å². The summed E-state index contributed by atoms with van der Waals surface area (Å²) < 4.78 is 95.5. The van der Waals surface area contributed by atoms with Crippen LogP contribution in [0.2, 0.25) is 5.02 Å². The highest BCUT2D eigenvalue weighted by atomic mass is 35.5. The van der Waals surface area contributed by atoms with Crippen molar-refractivity contribution in [3.05, 3.63) is 86.9 Å². The van der Waals surface area contributed by atoms with Crippen LogP contribution in [-0.4, -0.2) is 36.3 Å². The number of hydrogen-bond donors (Lipinski definition) is 3. The van der Waals surface area contributed by atoms with Gasteiger partial charge in [-0.3, -0.25) is 19.0 Å². The molecule has 0 fully saturated rings. The zero-order valence-electron chi connectivity index (χ0n) is 20.8. The molecule has 1 atom stereocenters. The molecule has 1 aliphatic rings. The van der Waals surface area contributed by atoms with Gasteiger partial charge < -0.3 is 10.6 Å². The van der Waals surface area contributed by atoms with Crippen LogP contribution in [0.25, 0.3) is 10.9 Å². The zero-order chi connectivity index (χ0) is 30.0. The van der Waals surface area contributed by atoms with Gasteiger partial charge in [0.2, 0.25) is 10.0 Å². The largest absolute Gasteiger partial charge is 0.416 e. The van der Waals surface area contributed by atoms with Gasteiger partial charge in [0, 0.05) is 39.8 Å². The lowest BCUT2D eigenvalue weighted by Crippen LogP contribution is -2.21. The summed E-state index contributed by atoms with van der Waals surface area (Å²) in [4.78, 5) is 26.4. The minimum atomic E-state index is -4.95. The molecule has 0 bridgehead atoms. The molecule has 4 aromatic rings. The van der Waals surface area contributed by atoms with Crippen molar-refractivity contribution in [3.63, 3.8) is 0 Å². The van der Waals surface area contributed by atoms with Crippen LogP contribution < -0.4 is 15.4 Å². The van der Waals surface area contributed by atoms with Gasteiger partial charge in [-0.25, -0.2) is 17.2 Å². The molecular weight excluding hydrogens is 597 g/mol. The minimum absolute atomic E-state index is 0.00397. The molecule has 41 heavy (non-hydrogen) atoms. The first-order valence-corrected chi connectivity index (χ1v) is 13.8. The quantitative estimate of drug-likeness (QED) is 0.274. The van der Waals surface area contributed by atoms with Gasteiger partial charge in [-0.05, 0) is 42.5 Å². The normalized spacial score (nSPS) is 15.1. The van der Waals surface area contributed by atoms with Crippen molar-refractivity contribution in [3.8, 4) is 0 Å². The standard InChI is InChI=1S/C25H17ClF5N5O4S/c1-36-22(35-41(2,39)40)15-9-17(32-23(37)10-5-11(25(29,30)31)7-13(28)6-10)18-19(21(15)34-36)24(38)33-20(18)14-8-12(27)3-4-16(14)26/h3-9,20,35H,1-2H3,(H,32,37)(H,33,38). The molecule has 0 radical (unpaired) electrons. The maximum absolute atomic E-state index is 14.2. The Hall–Kier alpha value is -4.24. The van der Waals surface area contributed by atoms with Crippen LogP contribution >= 0.6 is 11.6 Å². The first-order valence-electron chi connectivity index (χ1n) is 11.5. The number of aromatic nitrogens is 2. The Bertz CT molecular complexity index is 1890. The molecule has 0 saturated heterocycles. The van der Waals surface area contributed by atoms with Crippen LogP contribution in [0.5, 0.6) is 0 Å². The van der Waals surface area contributed by atoms with Crippen LogP contribution in [0.1, 0.15) is 43.4 Å². The monoisotopic (exact) mass is 613 g/mol. The maximum Gasteiger partial charge on any atom is 0.416 e. The molecule has 1 aromatic heterocycles. The average Bonchev–Trinajstić information content (AvgIpc) is 3.35. The summed E-state index contributed by atoms with van der Waals surface area (Å²) in [5, 5.41) is 9.36. The minimum Gasteiger partial charge on any atom is -0.341 e. The van der Waals surface area contributed by atoms with Gasteiger partial charge in [-0.2, -0.15) is 18.3 Å². The van der Waals surface area contributed by atoms with Gasteiger partial charge >= 0.3 is 6.18 Å². The molecule has 0 saturated carbocycles. The van der Waals surface area contributed by atoms with Gasteiger partial charge in [-0.15, -0.1) is 0 Å². The van der Waals surface area contributed by atoms with Crippen molar-refractivity contribution in [1.29, 1.82) is 0 Å². The Kier molecular flexibility index (Phi) is 6.69. The van der Waals surface area contributed by atoms with Crippen molar-refractivity contribution in [2.24, 2.45) is 7.05 Å². The van der Waals surface area contributed by atoms with E-state index in [9.17, 15) is 40.0 Å². The molecule has 3 aromatic carbocycles. The Morgan fingerprint density at radius 2 is 1.80 bits per heavy atom. The number of rotatable bonds is 5. The fraction of sp³-hybridized carbons (Fsp3) is 0.160. The van der Waals surface area contributed by atoms with Crippen LogP contribution in [0.4, 0.5) is 33.5 Å². The number of carbonyl (C=O) groups excluding carboxylic acids is 2. The third-order valence-electron chi connectivity index (χ3n) is 6.25. The van der Waals surface area contributed by atoms with E-state index in [0.29, 0.717) is 12.1 Å². The number of alkyl halides is 3. The predicted octanol–water partition coefficient (Wildman–Crippen LogP) is 4.98. The molecule has 16 heteroatoms. The summed E-state index contributed by atoms with van der Waals surface area (Å²) in [6.45, 7) is 0. The Morgan fingerprint density at radius 1 is 1.10 bits per heavy atom. The van der Waals surface area contributed by atoms with E-state index in [-0.39, 0.29) is 50.2 Å². The average molecular weight is 614 g/mol. The van der Waals surface area contributed by atoms with E-state index in [1.807, 2.05) is 0 Å². The number of nitrogens with one attached hydrogen (secondary N) is 3. The molecule has 3 N–H and O–H groups in total. The number of sulfonamides is 1. The Morgan fingerprint density at radius 3 is 2.46 bits per heavy atom. The second-order valence-electron chi connectivity index (χ2n) is 9.21. The lowest BCUT2D eigenvalue weighted by molar-refractivity contribution is -0.137. The van der Waals surface area contributed by atoms with E-state index in [2.05, 4.69) is 20.5 Å². The third kappa shape index (κ3) is 5.29. The molecule has 9 nitrogen and oxygen atoms in total. The van der Waals surface area contributed by atoms with Crippen molar-refractivity contribution >= 4 is 55.8 Å². The van der Waals surface area contributed by atoms with Crippen molar-refractivity contribution in [1.82, 2.24) is 15.1 Å². The summed E-state index contributed by atoms with van der Waals surface area (Å²) in [5.74, 6) is -4.03. The summed E-state index contributed by atoms with van der Waals surface area (Å²) in [6, 6.07) is 4.73. The fourth-order valence-corrected chi connectivity index (χ4v) is 5.42. The third-order valence-corrected chi connectivity index (χ3v) is 7.15. The van der Waals surface area contributed by atoms with Gasteiger partial charge in [0.25, 0.3) is 11.8 Å². The molecule has 1 unspecified atom stereocenters. The number of hydrogen-bond acceptors (Lipinski definition) is 5. The summed E-state index contributed by atoms with van der Waals surface area (Å²) >= 11 is 6.29. The second-order valence-corrected chi connectivity index (χ2v) is 11.4. The topological polar surface area (TPSA) is 122 Å². The van der Waals surface area contributed by atoms with Gasteiger partial charge in [0.1, 0.15) is 23.0 Å². The summed E-state index contributed by atoms with van der Waals surface area (Å²) in [7, 11) is -2.47. The van der Waals surface area contributed by atoms with Crippen LogP contribution in [0.15, 0.2) is 42.5 Å². The molecule has 214 valence electrons. The number of benzene rings is 3. The highest BCUT2D eigenvalue weighted by molar-refractivity contribution is 7.92. The smallest absolute Gasteiger partial charge is 0.341 e. The van der Waals surface area contributed by atoms with E-state index in [4.69, 9.17) is 11.6 Å². The number of fused-ring (bicyclic) bond motifs is 3. The molecule has 5 rings (SSSR count). The summed E-state index contributed by atoms with van der Waals surface area (Å²) in [5.41, 5.74) is -2.28.